The molecule has 0 aliphatic rings. The minimum atomic E-state index is -0.423. The van der Waals surface area contributed by atoms with E-state index in [1.165, 1.54) is 42.4 Å². The second-order valence-electron chi connectivity index (χ2n) is 5.94. The molecular formula is C20H18FN3O3S. The highest BCUT2D eigenvalue weighted by Gasteiger charge is 2.16. The third kappa shape index (κ3) is 5.43. The highest BCUT2D eigenvalue weighted by Crippen LogP contribution is 2.21. The number of carbonyl (C=O) groups is 2. The Kier molecular flexibility index (Phi) is 6.44. The van der Waals surface area contributed by atoms with E-state index >= 15 is 0 Å². The molecule has 0 aliphatic carbocycles. The summed E-state index contributed by atoms with van der Waals surface area (Å²) in [6, 6.07) is 12.7. The number of halogens is 1. The fourth-order valence-corrected chi connectivity index (χ4v) is 3.01. The summed E-state index contributed by atoms with van der Waals surface area (Å²) in [5.74, 6) is -0.0729. The number of rotatable bonds is 7. The molecule has 0 fully saturated rings. The molecule has 2 amide bonds. The van der Waals surface area contributed by atoms with Crippen LogP contribution in [0, 0.1) is 5.82 Å². The fourth-order valence-electron chi connectivity index (χ4n) is 2.33. The SMILES string of the molecule is CC(SCC(=O)Nc1ccc(F)cc1)C(=O)Nc1ccc(-c2cnco2)cc1. The number of nitrogens with zero attached hydrogens (tertiary/aromatic N) is 1. The number of amides is 2. The van der Waals surface area contributed by atoms with Crippen LogP contribution in [0.1, 0.15) is 6.92 Å². The van der Waals surface area contributed by atoms with Crippen molar-refractivity contribution in [3.05, 3.63) is 66.9 Å². The Morgan fingerprint density at radius 1 is 1.07 bits per heavy atom. The monoisotopic (exact) mass is 399 g/mol. The molecule has 0 saturated heterocycles. The van der Waals surface area contributed by atoms with Crippen LogP contribution in [-0.2, 0) is 9.59 Å². The molecule has 1 aromatic heterocycles. The molecule has 28 heavy (non-hydrogen) atoms. The van der Waals surface area contributed by atoms with Crippen LogP contribution in [0.5, 0.6) is 0 Å². The number of anilines is 2. The number of aromatic nitrogens is 1. The molecule has 0 saturated carbocycles. The van der Waals surface area contributed by atoms with Gasteiger partial charge in [0.1, 0.15) is 5.82 Å². The zero-order valence-corrected chi connectivity index (χ0v) is 15.8. The van der Waals surface area contributed by atoms with Gasteiger partial charge in [0.05, 0.1) is 17.2 Å². The first kappa shape index (κ1) is 19.6. The third-order valence-electron chi connectivity index (χ3n) is 3.83. The molecule has 8 heteroatoms. The number of hydrogen-bond donors (Lipinski definition) is 2. The summed E-state index contributed by atoms with van der Waals surface area (Å²) in [5, 5.41) is 5.05. The van der Waals surface area contributed by atoms with Gasteiger partial charge in [0.25, 0.3) is 0 Å². The van der Waals surface area contributed by atoms with Crippen molar-refractivity contribution >= 4 is 35.0 Å². The normalized spacial score (nSPS) is 11.6. The van der Waals surface area contributed by atoms with Crippen LogP contribution in [0.25, 0.3) is 11.3 Å². The van der Waals surface area contributed by atoms with Gasteiger partial charge in [-0.1, -0.05) is 0 Å². The van der Waals surface area contributed by atoms with Crippen molar-refractivity contribution in [1.82, 2.24) is 4.98 Å². The summed E-state index contributed by atoms with van der Waals surface area (Å²) in [6.45, 7) is 1.73. The molecule has 1 heterocycles. The number of thioether (sulfide) groups is 1. The molecule has 0 spiro atoms. The number of oxazole rings is 1. The minimum Gasteiger partial charge on any atom is -0.444 e. The van der Waals surface area contributed by atoms with E-state index in [2.05, 4.69) is 15.6 Å². The lowest BCUT2D eigenvalue weighted by molar-refractivity contribution is -0.115. The largest absolute Gasteiger partial charge is 0.444 e. The summed E-state index contributed by atoms with van der Waals surface area (Å²) >= 11 is 1.21. The van der Waals surface area contributed by atoms with Gasteiger partial charge >= 0.3 is 0 Å². The van der Waals surface area contributed by atoms with Crippen LogP contribution in [0.15, 0.2) is 65.5 Å². The van der Waals surface area contributed by atoms with Crippen molar-refractivity contribution in [2.45, 2.75) is 12.2 Å². The predicted molar refractivity (Wildman–Crippen MR) is 108 cm³/mol. The van der Waals surface area contributed by atoms with E-state index in [1.807, 2.05) is 12.1 Å². The molecule has 3 rings (SSSR count). The van der Waals surface area contributed by atoms with E-state index in [9.17, 15) is 14.0 Å². The highest BCUT2D eigenvalue weighted by atomic mass is 32.2. The Labute approximate surface area is 165 Å². The van der Waals surface area contributed by atoms with Gasteiger partial charge in [-0.25, -0.2) is 9.37 Å². The molecular weight excluding hydrogens is 381 g/mol. The van der Waals surface area contributed by atoms with E-state index in [-0.39, 0.29) is 23.4 Å². The van der Waals surface area contributed by atoms with Gasteiger partial charge in [-0.05, 0) is 55.5 Å². The van der Waals surface area contributed by atoms with Gasteiger partial charge in [-0.3, -0.25) is 9.59 Å². The van der Waals surface area contributed by atoms with Crippen molar-refractivity contribution in [2.75, 3.05) is 16.4 Å². The lowest BCUT2D eigenvalue weighted by Gasteiger charge is -2.12. The first-order chi connectivity index (χ1) is 13.5. The molecule has 144 valence electrons. The van der Waals surface area contributed by atoms with E-state index in [0.717, 1.165) is 5.56 Å². The first-order valence-corrected chi connectivity index (χ1v) is 9.53. The van der Waals surface area contributed by atoms with Crippen LogP contribution in [0.4, 0.5) is 15.8 Å². The standard InChI is InChI=1S/C20H18FN3O3S/c1-13(28-11-19(25)23-16-8-4-15(21)5-9-16)20(26)24-17-6-2-14(3-7-17)18-10-22-12-27-18/h2-10,12-13H,11H2,1H3,(H,23,25)(H,24,26). The minimum absolute atomic E-state index is 0.108. The van der Waals surface area contributed by atoms with Gasteiger partial charge in [-0.15, -0.1) is 11.8 Å². The highest BCUT2D eigenvalue weighted by molar-refractivity contribution is 8.01. The first-order valence-electron chi connectivity index (χ1n) is 8.48. The Morgan fingerprint density at radius 2 is 1.71 bits per heavy atom. The topological polar surface area (TPSA) is 84.2 Å². The Balaban J connectivity index is 1.46. The molecule has 0 bridgehead atoms. The van der Waals surface area contributed by atoms with Crippen molar-refractivity contribution < 1.29 is 18.4 Å². The van der Waals surface area contributed by atoms with Crippen LogP contribution in [0.3, 0.4) is 0 Å². The fraction of sp³-hybridized carbons (Fsp3) is 0.150. The van der Waals surface area contributed by atoms with Crippen molar-refractivity contribution in [1.29, 1.82) is 0 Å². The van der Waals surface area contributed by atoms with Crippen molar-refractivity contribution in [3.8, 4) is 11.3 Å². The van der Waals surface area contributed by atoms with Crippen molar-refractivity contribution in [3.63, 3.8) is 0 Å². The van der Waals surface area contributed by atoms with Gasteiger partial charge in [0.15, 0.2) is 12.2 Å². The number of benzene rings is 2. The second kappa shape index (κ2) is 9.18. The number of carbonyl (C=O) groups excluding carboxylic acids is 2. The molecule has 3 aromatic rings. The van der Waals surface area contributed by atoms with E-state index in [4.69, 9.17) is 4.42 Å². The van der Waals surface area contributed by atoms with Crippen LogP contribution < -0.4 is 10.6 Å². The second-order valence-corrected chi connectivity index (χ2v) is 7.27. The van der Waals surface area contributed by atoms with Crippen LogP contribution in [-0.4, -0.2) is 27.8 Å². The average molecular weight is 399 g/mol. The van der Waals surface area contributed by atoms with Gasteiger partial charge in [0.2, 0.25) is 11.8 Å². The van der Waals surface area contributed by atoms with Gasteiger partial charge < -0.3 is 15.1 Å². The van der Waals surface area contributed by atoms with Gasteiger partial charge in [-0.2, -0.15) is 0 Å². The number of nitrogens with one attached hydrogen (secondary N) is 2. The molecule has 1 unspecified atom stereocenters. The van der Waals surface area contributed by atoms with E-state index in [0.29, 0.717) is 17.1 Å². The van der Waals surface area contributed by atoms with Gasteiger partial charge in [0, 0.05) is 16.9 Å². The molecule has 2 aromatic carbocycles. The predicted octanol–water partition coefficient (Wildman–Crippen LogP) is 4.18. The molecule has 0 aliphatic heterocycles. The quantitative estimate of drug-likeness (QED) is 0.623. The lowest BCUT2D eigenvalue weighted by Crippen LogP contribution is -2.25. The average Bonchev–Trinajstić information content (AvgIpc) is 3.23. The van der Waals surface area contributed by atoms with Crippen LogP contribution in [0.2, 0.25) is 0 Å². The van der Waals surface area contributed by atoms with E-state index in [1.54, 1.807) is 25.3 Å². The maximum atomic E-state index is 12.9. The number of hydrogen-bond acceptors (Lipinski definition) is 5. The maximum Gasteiger partial charge on any atom is 0.237 e. The zero-order chi connectivity index (χ0) is 19.9. The lowest BCUT2D eigenvalue weighted by atomic mass is 10.1. The summed E-state index contributed by atoms with van der Waals surface area (Å²) < 4.78 is 18.1. The van der Waals surface area contributed by atoms with E-state index < -0.39 is 5.25 Å². The smallest absolute Gasteiger partial charge is 0.237 e. The summed E-state index contributed by atoms with van der Waals surface area (Å²) in [6.07, 6.45) is 2.97. The zero-order valence-electron chi connectivity index (χ0n) is 15.0. The van der Waals surface area contributed by atoms with Crippen LogP contribution >= 0.6 is 11.8 Å². The molecule has 1 atom stereocenters. The van der Waals surface area contributed by atoms with Crippen molar-refractivity contribution in [2.24, 2.45) is 0 Å². The Hall–Kier alpha value is -3.13. The maximum absolute atomic E-state index is 12.9. The summed E-state index contributed by atoms with van der Waals surface area (Å²) in [5.41, 5.74) is 2.02. The molecule has 6 nitrogen and oxygen atoms in total. The third-order valence-corrected chi connectivity index (χ3v) is 4.97. The molecule has 0 radical (unpaired) electrons. The molecule has 2 N–H and O–H groups in total. The summed E-state index contributed by atoms with van der Waals surface area (Å²) in [4.78, 5) is 28.1. The Bertz CT molecular complexity index is 928. The summed E-state index contributed by atoms with van der Waals surface area (Å²) in [7, 11) is 0. The Morgan fingerprint density at radius 3 is 2.36 bits per heavy atom.